The van der Waals surface area contributed by atoms with E-state index < -0.39 is 29.5 Å². The third-order valence-corrected chi connectivity index (χ3v) is 8.99. The van der Waals surface area contributed by atoms with Crippen LogP contribution < -0.4 is 5.32 Å². The maximum Gasteiger partial charge on any atom is 0.325 e. The van der Waals surface area contributed by atoms with Crippen LogP contribution in [0.15, 0.2) is 11.6 Å². The zero-order valence-electron chi connectivity index (χ0n) is 29.6. The predicted molar refractivity (Wildman–Crippen MR) is 175 cm³/mol. The van der Waals surface area contributed by atoms with Crippen LogP contribution >= 0.6 is 0 Å². The molecule has 45 heavy (non-hydrogen) atoms. The molecule has 2 saturated heterocycles. The van der Waals surface area contributed by atoms with Crippen molar-refractivity contribution in [2.75, 3.05) is 40.3 Å². The molecule has 0 aromatic heterocycles. The van der Waals surface area contributed by atoms with Crippen molar-refractivity contribution in [2.45, 2.75) is 125 Å². The molecule has 0 aromatic rings. The van der Waals surface area contributed by atoms with Gasteiger partial charge in [-0.25, -0.2) is 0 Å². The Labute approximate surface area is 271 Å². The molecule has 256 valence electrons. The van der Waals surface area contributed by atoms with Crippen LogP contribution in [0.25, 0.3) is 0 Å². The summed E-state index contributed by atoms with van der Waals surface area (Å²) in [5.74, 6) is -1.42. The Morgan fingerprint density at radius 1 is 0.956 bits per heavy atom. The molecule has 0 saturated carbocycles. The summed E-state index contributed by atoms with van der Waals surface area (Å²) < 4.78 is 4.97. The number of likely N-dealkylation sites (tertiary alicyclic amines) is 2. The Hall–Kier alpha value is -2.95. The summed E-state index contributed by atoms with van der Waals surface area (Å²) in [5.41, 5.74) is -0.111. The van der Waals surface area contributed by atoms with E-state index in [1.165, 1.54) is 11.9 Å². The highest BCUT2D eigenvalue weighted by Crippen LogP contribution is 2.27. The number of nitrogens with zero attached hydrogens (tertiary/aromatic N) is 4. The van der Waals surface area contributed by atoms with E-state index in [4.69, 9.17) is 4.74 Å². The first-order valence-electron chi connectivity index (χ1n) is 16.6. The summed E-state index contributed by atoms with van der Waals surface area (Å²) in [5, 5.41) is 3.11. The Bertz CT molecular complexity index is 1100. The van der Waals surface area contributed by atoms with Gasteiger partial charge < -0.3 is 24.8 Å². The van der Waals surface area contributed by atoms with Crippen LogP contribution in [-0.4, -0.2) is 120 Å². The van der Waals surface area contributed by atoms with Gasteiger partial charge in [-0.15, -0.1) is 0 Å². The lowest BCUT2D eigenvalue weighted by molar-refractivity contribution is -0.150. The fourth-order valence-corrected chi connectivity index (χ4v) is 6.40. The van der Waals surface area contributed by atoms with Crippen LogP contribution in [0.2, 0.25) is 0 Å². The number of ether oxygens (including phenoxy) is 1. The number of hydrogen-bond donors (Lipinski definition) is 1. The molecule has 1 unspecified atom stereocenters. The summed E-state index contributed by atoms with van der Waals surface area (Å²) >= 11 is 0. The van der Waals surface area contributed by atoms with E-state index in [2.05, 4.69) is 24.1 Å². The average Bonchev–Trinajstić information content (AvgIpc) is 3.46. The van der Waals surface area contributed by atoms with Gasteiger partial charge in [0.15, 0.2) is 0 Å². The normalized spacial score (nSPS) is 21.0. The lowest BCUT2D eigenvalue weighted by Crippen LogP contribution is -2.60. The number of rotatable bonds is 12. The van der Waals surface area contributed by atoms with E-state index in [-0.39, 0.29) is 54.8 Å². The highest BCUT2D eigenvalue weighted by molar-refractivity contribution is 5.97. The predicted octanol–water partition coefficient (Wildman–Crippen LogP) is 3.22. The van der Waals surface area contributed by atoms with Crippen molar-refractivity contribution in [1.29, 1.82) is 0 Å². The molecule has 2 rings (SSSR count). The van der Waals surface area contributed by atoms with Crippen molar-refractivity contribution in [3.63, 3.8) is 0 Å². The SMILES string of the molecule is CCOC(=O)CN(C)C(=O)[C@@H]1CCCN1C(=O)C(C)=CC(C(C)C)N(C)C(=O)[C@@H](NC(=O)[C@H]1CCCCN1C(C)C)C(C)(C)C. The van der Waals surface area contributed by atoms with Crippen molar-refractivity contribution in [3.8, 4) is 0 Å². The van der Waals surface area contributed by atoms with Crippen molar-refractivity contribution in [3.05, 3.63) is 11.6 Å². The van der Waals surface area contributed by atoms with Crippen LogP contribution in [0.4, 0.5) is 0 Å². The number of carbonyl (C=O) groups is 5. The molecule has 4 amide bonds. The zero-order chi connectivity index (χ0) is 34.2. The van der Waals surface area contributed by atoms with Gasteiger partial charge in [-0.05, 0) is 71.3 Å². The van der Waals surface area contributed by atoms with Gasteiger partial charge in [0.1, 0.15) is 18.6 Å². The zero-order valence-corrected chi connectivity index (χ0v) is 29.6. The van der Waals surface area contributed by atoms with Crippen molar-refractivity contribution in [1.82, 2.24) is 24.9 Å². The number of hydrogen-bond acceptors (Lipinski definition) is 7. The monoisotopic (exact) mass is 633 g/mol. The minimum atomic E-state index is -0.757. The van der Waals surface area contributed by atoms with E-state index in [0.29, 0.717) is 25.0 Å². The average molecular weight is 634 g/mol. The van der Waals surface area contributed by atoms with E-state index >= 15 is 0 Å². The first-order chi connectivity index (χ1) is 20.9. The van der Waals surface area contributed by atoms with Gasteiger partial charge in [0.25, 0.3) is 0 Å². The largest absolute Gasteiger partial charge is 0.465 e. The van der Waals surface area contributed by atoms with Crippen LogP contribution in [0.1, 0.15) is 94.4 Å². The standard InChI is InChI=1S/C34H59N5O6/c1-12-45-28(40)21-36(10)32(43)26-17-15-19-39(26)31(42)24(6)20-27(22(2)3)37(11)33(44)29(34(7,8)9)35-30(41)25-16-13-14-18-38(25)23(4)5/h20,22-23,25-27,29H,12-19,21H2,1-11H3,(H,35,41)/t25-,26+,27?,29-/m1/s1. The number of nitrogens with one attached hydrogen (secondary N) is 1. The van der Waals surface area contributed by atoms with E-state index in [1.54, 1.807) is 36.8 Å². The molecular formula is C34H59N5O6. The first-order valence-corrected chi connectivity index (χ1v) is 16.6. The first kappa shape index (κ1) is 38.2. The van der Waals surface area contributed by atoms with Gasteiger partial charge in [-0.2, -0.15) is 0 Å². The summed E-state index contributed by atoms with van der Waals surface area (Å²) in [6, 6.07) is -1.88. The molecule has 0 aliphatic carbocycles. The quantitative estimate of drug-likeness (QED) is 0.259. The van der Waals surface area contributed by atoms with Crippen molar-refractivity contribution in [2.24, 2.45) is 11.3 Å². The van der Waals surface area contributed by atoms with Gasteiger partial charge in [0.05, 0.1) is 18.7 Å². The van der Waals surface area contributed by atoms with Crippen molar-refractivity contribution < 1.29 is 28.7 Å². The Morgan fingerprint density at radius 2 is 1.58 bits per heavy atom. The van der Waals surface area contributed by atoms with E-state index in [0.717, 1.165) is 25.8 Å². The molecule has 11 heteroatoms. The van der Waals surface area contributed by atoms with Crippen LogP contribution in [0, 0.1) is 11.3 Å². The second-order valence-electron chi connectivity index (χ2n) is 14.3. The molecule has 0 spiro atoms. The van der Waals surface area contributed by atoms with Crippen molar-refractivity contribution >= 4 is 29.6 Å². The van der Waals surface area contributed by atoms with Gasteiger partial charge in [-0.3, -0.25) is 28.9 Å². The van der Waals surface area contributed by atoms with Gasteiger partial charge >= 0.3 is 5.97 Å². The molecule has 4 atom stereocenters. The summed E-state index contributed by atoms with van der Waals surface area (Å²) in [4.78, 5) is 73.3. The van der Waals surface area contributed by atoms with Crippen LogP contribution in [0.3, 0.4) is 0 Å². The highest BCUT2D eigenvalue weighted by Gasteiger charge is 2.41. The topological polar surface area (TPSA) is 120 Å². The van der Waals surface area contributed by atoms with Crippen LogP contribution in [0.5, 0.6) is 0 Å². The fraction of sp³-hybridized carbons (Fsp3) is 0.794. The summed E-state index contributed by atoms with van der Waals surface area (Å²) in [7, 11) is 3.26. The molecular weight excluding hydrogens is 574 g/mol. The Kier molecular flexibility index (Phi) is 14.1. The number of piperidine rings is 1. The minimum absolute atomic E-state index is 0.0282. The summed E-state index contributed by atoms with van der Waals surface area (Å²) in [6.07, 6.45) is 5.80. The molecule has 2 aliphatic heterocycles. The molecule has 2 heterocycles. The molecule has 2 aliphatic rings. The number of esters is 1. The number of amides is 4. The maximum atomic E-state index is 14.1. The second-order valence-corrected chi connectivity index (χ2v) is 14.3. The third kappa shape index (κ3) is 10.0. The second kappa shape index (κ2) is 16.6. The van der Waals surface area contributed by atoms with E-state index in [9.17, 15) is 24.0 Å². The molecule has 1 N–H and O–H groups in total. The Balaban J connectivity index is 2.25. The fourth-order valence-electron chi connectivity index (χ4n) is 6.40. The molecule has 0 bridgehead atoms. The number of carbonyl (C=O) groups excluding carboxylic acids is 5. The van der Waals surface area contributed by atoms with Crippen LogP contribution in [-0.2, 0) is 28.7 Å². The molecule has 11 nitrogen and oxygen atoms in total. The third-order valence-electron chi connectivity index (χ3n) is 8.99. The lowest BCUT2D eigenvalue weighted by atomic mass is 9.84. The van der Waals surface area contributed by atoms with E-state index in [1.807, 2.05) is 34.6 Å². The maximum absolute atomic E-state index is 14.1. The molecule has 2 fully saturated rings. The minimum Gasteiger partial charge on any atom is -0.465 e. The van der Waals surface area contributed by atoms with Gasteiger partial charge in [0.2, 0.25) is 23.6 Å². The highest BCUT2D eigenvalue weighted by atomic mass is 16.5. The Morgan fingerprint density at radius 3 is 2.13 bits per heavy atom. The molecule has 0 radical (unpaired) electrons. The summed E-state index contributed by atoms with van der Waals surface area (Å²) in [6.45, 7) is 18.8. The number of likely N-dealkylation sites (N-methyl/N-ethyl adjacent to an activating group) is 2. The lowest BCUT2D eigenvalue weighted by Gasteiger charge is -2.41. The smallest absolute Gasteiger partial charge is 0.325 e. The van der Waals surface area contributed by atoms with Gasteiger partial charge in [-0.1, -0.05) is 47.1 Å². The molecule has 0 aromatic carbocycles. The van der Waals surface area contributed by atoms with Gasteiger partial charge in [0, 0.05) is 32.3 Å².